The van der Waals surface area contributed by atoms with Gasteiger partial charge in [0.05, 0.1) is 5.92 Å². The number of nitrogens with one attached hydrogen (secondary N) is 1. The highest BCUT2D eigenvalue weighted by molar-refractivity contribution is 6.03. The first-order valence-electron chi connectivity index (χ1n) is 8.76. The Morgan fingerprint density at radius 3 is 2.56 bits per heavy atom. The van der Waals surface area contributed by atoms with Gasteiger partial charge in [-0.25, -0.2) is 0 Å². The van der Waals surface area contributed by atoms with E-state index in [0.717, 1.165) is 34.5 Å². The maximum Gasteiger partial charge on any atom is 0.229 e. The van der Waals surface area contributed by atoms with Gasteiger partial charge in [-0.2, -0.15) is 0 Å². The number of hydrogen-bond acceptors (Lipinski definition) is 2. The minimum atomic E-state index is -0.321. The zero-order valence-electron chi connectivity index (χ0n) is 15.0. The quantitative estimate of drug-likeness (QED) is 0.922. The van der Waals surface area contributed by atoms with Crippen LogP contribution in [-0.4, -0.2) is 18.4 Å². The van der Waals surface area contributed by atoms with Crippen molar-refractivity contribution in [1.29, 1.82) is 0 Å². The van der Waals surface area contributed by atoms with Crippen molar-refractivity contribution in [2.45, 2.75) is 33.6 Å². The number of anilines is 2. The second kappa shape index (κ2) is 7.09. The van der Waals surface area contributed by atoms with Crippen LogP contribution in [0.3, 0.4) is 0 Å². The lowest BCUT2D eigenvalue weighted by Gasteiger charge is -2.18. The number of nitrogens with zero attached hydrogens (tertiary/aromatic N) is 1. The van der Waals surface area contributed by atoms with Crippen LogP contribution >= 0.6 is 0 Å². The van der Waals surface area contributed by atoms with E-state index in [-0.39, 0.29) is 24.2 Å². The molecule has 2 amide bonds. The maximum absolute atomic E-state index is 12.7. The molecule has 1 heterocycles. The Morgan fingerprint density at radius 1 is 1.16 bits per heavy atom. The van der Waals surface area contributed by atoms with E-state index in [1.54, 1.807) is 4.90 Å². The fraction of sp³-hybridized carbons (Fsp3) is 0.333. The van der Waals surface area contributed by atoms with Crippen LogP contribution < -0.4 is 10.2 Å². The summed E-state index contributed by atoms with van der Waals surface area (Å²) in [6.45, 7) is 6.51. The minimum Gasteiger partial charge on any atom is -0.325 e. The Balaban J connectivity index is 1.74. The molecule has 130 valence electrons. The smallest absolute Gasteiger partial charge is 0.229 e. The monoisotopic (exact) mass is 336 g/mol. The topological polar surface area (TPSA) is 49.4 Å². The van der Waals surface area contributed by atoms with Crippen molar-refractivity contribution >= 4 is 23.2 Å². The number of aryl methyl sites for hydroxylation is 3. The highest BCUT2D eigenvalue weighted by Gasteiger charge is 2.35. The molecule has 0 spiro atoms. The van der Waals surface area contributed by atoms with E-state index in [1.807, 2.05) is 56.3 Å². The van der Waals surface area contributed by atoms with E-state index in [0.29, 0.717) is 6.54 Å². The van der Waals surface area contributed by atoms with Crippen molar-refractivity contribution < 1.29 is 9.59 Å². The van der Waals surface area contributed by atoms with Crippen LogP contribution in [0.2, 0.25) is 0 Å². The molecule has 0 saturated carbocycles. The van der Waals surface area contributed by atoms with Gasteiger partial charge < -0.3 is 10.2 Å². The van der Waals surface area contributed by atoms with Crippen LogP contribution in [0.5, 0.6) is 0 Å². The first-order valence-corrected chi connectivity index (χ1v) is 8.76. The number of para-hydroxylation sites is 1. The molecule has 2 aromatic carbocycles. The first kappa shape index (κ1) is 17.2. The van der Waals surface area contributed by atoms with E-state index in [2.05, 4.69) is 12.2 Å². The van der Waals surface area contributed by atoms with Crippen LogP contribution in [0, 0.1) is 19.8 Å². The Bertz CT molecular complexity index is 796. The Kier molecular flexibility index (Phi) is 4.88. The van der Waals surface area contributed by atoms with Crippen molar-refractivity contribution in [3.8, 4) is 0 Å². The van der Waals surface area contributed by atoms with E-state index in [1.165, 1.54) is 0 Å². The molecular weight excluding hydrogens is 312 g/mol. The van der Waals surface area contributed by atoms with Gasteiger partial charge in [-0.1, -0.05) is 42.8 Å². The van der Waals surface area contributed by atoms with Crippen LogP contribution in [-0.2, 0) is 16.0 Å². The number of benzene rings is 2. The zero-order valence-corrected chi connectivity index (χ0v) is 15.0. The number of amides is 2. The fourth-order valence-corrected chi connectivity index (χ4v) is 3.28. The molecule has 1 atom stereocenters. The third-order valence-corrected chi connectivity index (χ3v) is 4.83. The molecule has 4 nitrogen and oxygen atoms in total. The average Bonchev–Trinajstić information content (AvgIpc) is 2.99. The Morgan fingerprint density at radius 2 is 1.88 bits per heavy atom. The standard InChI is InChI=1S/C21H24N2O2/c1-4-16-7-5-6-15(3)20(16)22-21(25)17-12-19(24)23(13-17)18-10-8-14(2)9-11-18/h5-11,17H,4,12-13H2,1-3H3,(H,22,25). The number of carbonyl (C=O) groups excluding carboxylic acids is 2. The van der Waals surface area contributed by atoms with Crippen molar-refractivity contribution in [2.24, 2.45) is 5.92 Å². The molecule has 25 heavy (non-hydrogen) atoms. The largest absolute Gasteiger partial charge is 0.325 e. The van der Waals surface area contributed by atoms with E-state index < -0.39 is 0 Å². The van der Waals surface area contributed by atoms with Gasteiger partial charge in [-0.15, -0.1) is 0 Å². The predicted molar refractivity (Wildman–Crippen MR) is 101 cm³/mol. The summed E-state index contributed by atoms with van der Waals surface area (Å²) >= 11 is 0. The Labute approximate surface area is 148 Å². The zero-order chi connectivity index (χ0) is 18.0. The van der Waals surface area contributed by atoms with Gasteiger partial charge in [0, 0.05) is 24.3 Å². The summed E-state index contributed by atoms with van der Waals surface area (Å²) in [6, 6.07) is 13.9. The maximum atomic E-state index is 12.7. The summed E-state index contributed by atoms with van der Waals surface area (Å²) in [5.74, 6) is -0.394. The first-order chi connectivity index (χ1) is 12.0. The van der Waals surface area contributed by atoms with Crippen molar-refractivity contribution in [1.82, 2.24) is 0 Å². The van der Waals surface area contributed by atoms with E-state index in [4.69, 9.17) is 0 Å². The molecule has 1 saturated heterocycles. The summed E-state index contributed by atoms with van der Waals surface area (Å²) < 4.78 is 0. The lowest BCUT2D eigenvalue weighted by atomic mass is 10.0. The van der Waals surface area contributed by atoms with Gasteiger partial charge in [-0.05, 0) is 43.5 Å². The lowest BCUT2D eigenvalue weighted by Crippen LogP contribution is -2.28. The van der Waals surface area contributed by atoms with Crippen molar-refractivity contribution in [3.63, 3.8) is 0 Å². The molecule has 1 unspecified atom stereocenters. The van der Waals surface area contributed by atoms with Crippen LogP contribution in [0.15, 0.2) is 42.5 Å². The molecule has 1 aliphatic heterocycles. The molecule has 1 N–H and O–H groups in total. The average molecular weight is 336 g/mol. The summed E-state index contributed by atoms with van der Waals surface area (Å²) in [4.78, 5) is 26.8. The fourth-order valence-electron chi connectivity index (χ4n) is 3.28. The van der Waals surface area contributed by atoms with Gasteiger partial charge in [0.2, 0.25) is 11.8 Å². The third-order valence-electron chi connectivity index (χ3n) is 4.83. The molecule has 0 radical (unpaired) electrons. The summed E-state index contributed by atoms with van der Waals surface area (Å²) in [6.07, 6.45) is 1.11. The van der Waals surface area contributed by atoms with Crippen LogP contribution in [0.25, 0.3) is 0 Å². The summed E-state index contributed by atoms with van der Waals surface area (Å²) in [5, 5.41) is 3.06. The molecular formula is C21H24N2O2. The van der Waals surface area contributed by atoms with Crippen LogP contribution in [0.1, 0.15) is 30.0 Å². The SMILES string of the molecule is CCc1cccc(C)c1NC(=O)C1CC(=O)N(c2ccc(C)cc2)C1. The van der Waals surface area contributed by atoms with Gasteiger partial charge in [-0.3, -0.25) is 9.59 Å². The molecule has 3 rings (SSSR count). The molecule has 4 heteroatoms. The van der Waals surface area contributed by atoms with Gasteiger partial charge in [0.25, 0.3) is 0 Å². The Hall–Kier alpha value is -2.62. The van der Waals surface area contributed by atoms with Gasteiger partial charge in [0.1, 0.15) is 0 Å². The van der Waals surface area contributed by atoms with E-state index >= 15 is 0 Å². The lowest BCUT2D eigenvalue weighted by molar-refractivity contribution is -0.122. The number of carbonyl (C=O) groups is 2. The molecule has 0 aromatic heterocycles. The number of rotatable bonds is 4. The van der Waals surface area contributed by atoms with Gasteiger partial charge >= 0.3 is 0 Å². The molecule has 0 bridgehead atoms. The second-order valence-electron chi connectivity index (χ2n) is 6.69. The minimum absolute atomic E-state index is 0.00417. The van der Waals surface area contributed by atoms with Crippen molar-refractivity contribution in [3.05, 3.63) is 59.2 Å². The summed E-state index contributed by atoms with van der Waals surface area (Å²) in [5.41, 5.74) is 5.06. The van der Waals surface area contributed by atoms with Crippen LogP contribution in [0.4, 0.5) is 11.4 Å². The molecule has 0 aliphatic carbocycles. The normalized spacial score (nSPS) is 17.0. The number of hydrogen-bond donors (Lipinski definition) is 1. The molecule has 1 fully saturated rings. The highest BCUT2D eigenvalue weighted by atomic mass is 16.2. The van der Waals surface area contributed by atoms with Crippen molar-refractivity contribution in [2.75, 3.05) is 16.8 Å². The second-order valence-corrected chi connectivity index (χ2v) is 6.69. The van der Waals surface area contributed by atoms with Gasteiger partial charge in [0.15, 0.2) is 0 Å². The predicted octanol–water partition coefficient (Wildman–Crippen LogP) is 3.86. The van der Waals surface area contributed by atoms with E-state index in [9.17, 15) is 9.59 Å². The molecule has 2 aromatic rings. The molecule has 1 aliphatic rings. The third kappa shape index (κ3) is 3.58. The highest BCUT2D eigenvalue weighted by Crippen LogP contribution is 2.28. The summed E-state index contributed by atoms with van der Waals surface area (Å²) in [7, 11) is 0.